The number of halogens is 1. The monoisotopic (exact) mass is 194 g/mol. The van der Waals surface area contributed by atoms with Crippen molar-refractivity contribution in [1.82, 2.24) is 10.3 Å². The highest BCUT2D eigenvalue weighted by molar-refractivity contribution is 5.94. The van der Waals surface area contributed by atoms with Crippen molar-refractivity contribution >= 4 is 5.91 Å². The van der Waals surface area contributed by atoms with Gasteiger partial charge in [0.05, 0.1) is 5.56 Å². The van der Waals surface area contributed by atoms with Gasteiger partial charge in [-0.3, -0.25) is 4.79 Å². The second-order valence-corrected chi connectivity index (χ2v) is 3.44. The van der Waals surface area contributed by atoms with Crippen LogP contribution in [-0.4, -0.2) is 16.9 Å². The molecule has 1 amide bonds. The molecule has 0 aromatic carbocycles. The molecule has 0 saturated heterocycles. The van der Waals surface area contributed by atoms with Crippen LogP contribution >= 0.6 is 0 Å². The van der Waals surface area contributed by atoms with E-state index in [2.05, 4.69) is 10.3 Å². The highest BCUT2D eigenvalue weighted by Crippen LogP contribution is 2.18. The normalized spacial score (nSPS) is 16.1. The molecule has 1 heterocycles. The Morgan fingerprint density at radius 1 is 1.57 bits per heavy atom. The SMILES string of the molecule is O=C(NC1CCC1)c1cccnc1F. The van der Waals surface area contributed by atoms with Crippen LogP contribution in [0.15, 0.2) is 18.3 Å². The first-order chi connectivity index (χ1) is 6.77. The molecule has 1 aromatic rings. The largest absolute Gasteiger partial charge is 0.349 e. The van der Waals surface area contributed by atoms with E-state index in [0.29, 0.717) is 0 Å². The molecule has 0 aliphatic heterocycles. The summed E-state index contributed by atoms with van der Waals surface area (Å²) in [5.41, 5.74) is 0.0272. The maximum absolute atomic E-state index is 13.0. The molecule has 4 heteroatoms. The van der Waals surface area contributed by atoms with Crippen molar-refractivity contribution in [2.75, 3.05) is 0 Å². The lowest BCUT2D eigenvalue weighted by Crippen LogP contribution is -2.39. The van der Waals surface area contributed by atoms with Gasteiger partial charge in [0.1, 0.15) is 0 Å². The summed E-state index contributed by atoms with van der Waals surface area (Å²) in [6.45, 7) is 0. The predicted molar refractivity (Wildman–Crippen MR) is 49.3 cm³/mol. The van der Waals surface area contributed by atoms with Gasteiger partial charge in [0.2, 0.25) is 5.95 Å². The summed E-state index contributed by atoms with van der Waals surface area (Å²) in [6.07, 6.45) is 4.46. The number of aromatic nitrogens is 1. The van der Waals surface area contributed by atoms with Crippen LogP contribution in [0.4, 0.5) is 4.39 Å². The van der Waals surface area contributed by atoms with Gasteiger partial charge in [-0.25, -0.2) is 4.98 Å². The van der Waals surface area contributed by atoms with Crippen molar-refractivity contribution in [2.45, 2.75) is 25.3 Å². The maximum Gasteiger partial charge on any atom is 0.256 e. The van der Waals surface area contributed by atoms with Gasteiger partial charge >= 0.3 is 0 Å². The molecule has 1 fully saturated rings. The van der Waals surface area contributed by atoms with Gasteiger partial charge in [-0.15, -0.1) is 0 Å². The molecule has 1 N–H and O–H groups in total. The summed E-state index contributed by atoms with van der Waals surface area (Å²) in [5, 5.41) is 2.75. The summed E-state index contributed by atoms with van der Waals surface area (Å²) in [5.74, 6) is -1.07. The zero-order valence-electron chi connectivity index (χ0n) is 7.66. The summed E-state index contributed by atoms with van der Waals surface area (Å²) in [6, 6.07) is 3.22. The first kappa shape index (κ1) is 9.12. The van der Waals surface area contributed by atoms with Gasteiger partial charge in [-0.05, 0) is 31.4 Å². The van der Waals surface area contributed by atoms with E-state index in [1.807, 2.05) is 0 Å². The van der Waals surface area contributed by atoms with E-state index in [9.17, 15) is 9.18 Å². The van der Waals surface area contributed by atoms with E-state index in [1.165, 1.54) is 12.3 Å². The average Bonchev–Trinajstić information content (AvgIpc) is 2.12. The molecule has 74 valence electrons. The summed E-state index contributed by atoms with van der Waals surface area (Å²) in [7, 11) is 0. The summed E-state index contributed by atoms with van der Waals surface area (Å²) in [4.78, 5) is 14.9. The van der Waals surface area contributed by atoms with Crippen LogP contribution in [-0.2, 0) is 0 Å². The van der Waals surface area contributed by atoms with Gasteiger partial charge in [-0.1, -0.05) is 0 Å². The van der Waals surface area contributed by atoms with Crippen molar-refractivity contribution in [3.63, 3.8) is 0 Å². The van der Waals surface area contributed by atoms with Crippen molar-refractivity contribution in [2.24, 2.45) is 0 Å². The fourth-order valence-corrected chi connectivity index (χ4v) is 1.37. The van der Waals surface area contributed by atoms with E-state index >= 15 is 0 Å². The summed E-state index contributed by atoms with van der Waals surface area (Å²) >= 11 is 0. The van der Waals surface area contributed by atoms with Crippen LogP contribution in [0, 0.1) is 5.95 Å². The highest BCUT2D eigenvalue weighted by atomic mass is 19.1. The third kappa shape index (κ3) is 1.73. The molecule has 2 rings (SSSR count). The minimum atomic E-state index is -0.704. The standard InChI is InChI=1S/C10H11FN2O/c11-9-8(5-2-6-12-9)10(14)13-7-3-1-4-7/h2,5-7H,1,3-4H2,(H,13,14). The smallest absolute Gasteiger partial charge is 0.256 e. The van der Waals surface area contributed by atoms with Gasteiger partial charge in [0.15, 0.2) is 0 Å². The molecule has 1 aliphatic rings. The zero-order valence-corrected chi connectivity index (χ0v) is 7.66. The van der Waals surface area contributed by atoms with Crippen molar-refractivity contribution < 1.29 is 9.18 Å². The zero-order chi connectivity index (χ0) is 9.97. The van der Waals surface area contributed by atoms with E-state index in [0.717, 1.165) is 19.3 Å². The molecule has 1 aromatic heterocycles. The fraction of sp³-hybridized carbons (Fsp3) is 0.400. The third-order valence-corrected chi connectivity index (χ3v) is 2.44. The lowest BCUT2D eigenvalue weighted by Gasteiger charge is -2.26. The second-order valence-electron chi connectivity index (χ2n) is 3.44. The lowest BCUT2D eigenvalue weighted by molar-refractivity contribution is 0.0912. The quantitative estimate of drug-likeness (QED) is 0.725. The highest BCUT2D eigenvalue weighted by Gasteiger charge is 2.21. The van der Waals surface area contributed by atoms with Crippen LogP contribution in [0.1, 0.15) is 29.6 Å². The molecule has 0 atom stereocenters. The van der Waals surface area contributed by atoms with Gasteiger partial charge < -0.3 is 5.32 Å². The Morgan fingerprint density at radius 2 is 2.36 bits per heavy atom. The van der Waals surface area contributed by atoms with E-state index in [-0.39, 0.29) is 17.5 Å². The van der Waals surface area contributed by atoms with Crippen LogP contribution in [0.3, 0.4) is 0 Å². The number of hydrogen-bond donors (Lipinski definition) is 1. The van der Waals surface area contributed by atoms with Crippen LogP contribution in [0.2, 0.25) is 0 Å². The molecule has 1 aliphatic carbocycles. The fourth-order valence-electron chi connectivity index (χ4n) is 1.37. The number of carbonyl (C=O) groups is 1. The number of nitrogens with zero attached hydrogens (tertiary/aromatic N) is 1. The average molecular weight is 194 g/mol. The summed E-state index contributed by atoms with van der Waals surface area (Å²) < 4.78 is 13.0. The minimum absolute atomic E-state index is 0.0272. The molecule has 0 bridgehead atoms. The first-order valence-electron chi connectivity index (χ1n) is 4.69. The maximum atomic E-state index is 13.0. The number of amides is 1. The molecular weight excluding hydrogens is 183 g/mol. The Kier molecular flexibility index (Phi) is 2.43. The van der Waals surface area contributed by atoms with E-state index in [4.69, 9.17) is 0 Å². The van der Waals surface area contributed by atoms with Gasteiger partial charge in [0, 0.05) is 12.2 Å². The van der Waals surface area contributed by atoms with Gasteiger partial charge in [-0.2, -0.15) is 4.39 Å². The Hall–Kier alpha value is -1.45. The van der Waals surface area contributed by atoms with Crippen molar-refractivity contribution in [3.05, 3.63) is 29.8 Å². The number of nitrogens with one attached hydrogen (secondary N) is 1. The van der Waals surface area contributed by atoms with E-state index < -0.39 is 5.95 Å². The third-order valence-electron chi connectivity index (χ3n) is 2.44. The number of hydrogen-bond acceptors (Lipinski definition) is 2. The van der Waals surface area contributed by atoms with Crippen LogP contribution in [0.5, 0.6) is 0 Å². The topological polar surface area (TPSA) is 42.0 Å². The number of rotatable bonds is 2. The predicted octanol–water partition coefficient (Wildman–Crippen LogP) is 1.50. The second kappa shape index (κ2) is 3.74. The lowest BCUT2D eigenvalue weighted by atomic mass is 9.93. The van der Waals surface area contributed by atoms with Crippen molar-refractivity contribution in [3.8, 4) is 0 Å². The molecule has 0 unspecified atom stereocenters. The number of carbonyl (C=O) groups excluding carboxylic acids is 1. The Morgan fingerprint density at radius 3 is 2.93 bits per heavy atom. The molecular formula is C10H11FN2O. The molecule has 3 nitrogen and oxygen atoms in total. The Balaban J connectivity index is 2.06. The van der Waals surface area contributed by atoms with Crippen LogP contribution in [0.25, 0.3) is 0 Å². The van der Waals surface area contributed by atoms with Crippen LogP contribution < -0.4 is 5.32 Å². The Labute approximate surface area is 81.3 Å². The molecule has 1 saturated carbocycles. The molecule has 0 radical (unpaired) electrons. The van der Waals surface area contributed by atoms with Crippen molar-refractivity contribution in [1.29, 1.82) is 0 Å². The minimum Gasteiger partial charge on any atom is -0.349 e. The van der Waals surface area contributed by atoms with E-state index in [1.54, 1.807) is 6.07 Å². The molecule has 0 spiro atoms. The molecule has 14 heavy (non-hydrogen) atoms. The van der Waals surface area contributed by atoms with Gasteiger partial charge in [0.25, 0.3) is 5.91 Å². The Bertz CT molecular complexity index is 350. The number of pyridine rings is 1. The first-order valence-corrected chi connectivity index (χ1v) is 4.69.